The lowest BCUT2D eigenvalue weighted by Crippen LogP contribution is -2.15. The molecule has 46 heavy (non-hydrogen) atoms. The van der Waals surface area contributed by atoms with Gasteiger partial charge in [0.1, 0.15) is 5.84 Å². The molecule has 0 bridgehead atoms. The molecule has 4 heteroatoms. The summed E-state index contributed by atoms with van der Waals surface area (Å²) in [6, 6.07) is 50.9. The second kappa shape index (κ2) is 11.0. The van der Waals surface area contributed by atoms with E-state index in [9.17, 15) is 0 Å². The van der Waals surface area contributed by atoms with Crippen LogP contribution in [0.1, 0.15) is 47.8 Å². The van der Waals surface area contributed by atoms with E-state index in [1.807, 2.05) is 66.9 Å². The van der Waals surface area contributed by atoms with Crippen LogP contribution in [0.25, 0.3) is 38.6 Å². The van der Waals surface area contributed by atoms with Crippen LogP contribution in [0.3, 0.4) is 0 Å². The number of hydrogen-bond donors (Lipinski definition) is 1. The number of fused-ring (bicyclic) bond motifs is 6. The molecule has 0 saturated carbocycles. The van der Waals surface area contributed by atoms with Gasteiger partial charge in [-0.25, -0.2) is 4.99 Å². The number of nitrogens with two attached hydrogens (primary N) is 1. The number of hydrogen-bond acceptors (Lipinski definition) is 2. The molecule has 6 aromatic carbocycles. The zero-order chi connectivity index (χ0) is 31.3. The Morgan fingerprint density at radius 2 is 1.37 bits per heavy atom. The van der Waals surface area contributed by atoms with Crippen LogP contribution in [0.4, 0.5) is 0 Å². The summed E-state index contributed by atoms with van der Waals surface area (Å²) in [5.41, 5.74) is 18.1. The van der Waals surface area contributed by atoms with Crippen LogP contribution in [0.15, 0.2) is 156 Å². The fourth-order valence-electron chi connectivity index (χ4n) is 6.97. The fourth-order valence-corrected chi connectivity index (χ4v) is 6.97. The number of aromatic nitrogens is 1. The van der Waals surface area contributed by atoms with Crippen LogP contribution in [0.2, 0.25) is 0 Å². The van der Waals surface area contributed by atoms with Crippen LogP contribution in [0.5, 0.6) is 0 Å². The van der Waals surface area contributed by atoms with Gasteiger partial charge < -0.3 is 10.3 Å². The van der Waals surface area contributed by atoms with E-state index in [1.54, 1.807) is 0 Å². The molecule has 2 N–H and O–H groups in total. The van der Waals surface area contributed by atoms with Crippen LogP contribution >= 0.6 is 0 Å². The summed E-state index contributed by atoms with van der Waals surface area (Å²) in [5, 5.41) is 2.49. The highest BCUT2D eigenvalue weighted by atomic mass is 15.0. The van der Waals surface area contributed by atoms with Crippen molar-refractivity contribution in [2.24, 2.45) is 15.7 Å². The summed E-state index contributed by atoms with van der Waals surface area (Å²) in [5.74, 6) is 0.454. The molecule has 8 rings (SSSR count). The second-order valence-electron chi connectivity index (χ2n) is 12.5. The Morgan fingerprint density at radius 3 is 2.20 bits per heavy atom. The molecule has 4 nitrogen and oxygen atoms in total. The lowest BCUT2D eigenvalue weighted by atomic mass is 9.82. The van der Waals surface area contributed by atoms with Gasteiger partial charge in [-0.3, -0.25) is 4.99 Å². The smallest absolute Gasteiger partial charge is 0.167 e. The average Bonchev–Trinajstić information content (AvgIpc) is 3.54. The Balaban J connectivity index is 1.31. The van der Waals surface area contributed by atoms with E-state index in [2.05, 4.69) is 103 Å². The molecule has 1 aliphatic rings. The molecule has 1 aromatic heterocycles. The van der Waals surface area contributed by atoms with Crippen molar-refractivity contribution in [1.29, 1.82) is 0 Å². The third-order valence-electron chi connectivity index (χ3n) is 9.30. The molecular weight excluding hydrogens is 560 g/mol. The van der Waals surface area contributed by atoms with Gasteiger partial charge in [0.25, 0.3) is 0 Å². The van der Waals surface area contributed by atoms with Crippen molar-refractivity contribution in [3.8, 4) is 16.8 Å². The van der Waals surface area contributed by atoms with Crippen molar-refractivity contribution < 1.29 is 0 Å². The number of aliphatic imine (C=N–C) groups is 2. The van der Waals surface area contributed by atoms with E-state index in [0.717, 1.165) is 22.4 Å². The van der Waals surface area contributed by atoms with Crippen molar-refractivity contribution in [1.82, 2.24) is 4.57 Å². The summed E-state index contributed by atoms with van der Waals surface area (Å²) >= 11 is 0. The first-order valence-electron chi connectivity index (χ1n) is 15.7. The number of para-hydroxylation sites is 1. The van der Waals surface area contributed by atoms with Gasteiger partial charge in [-0.1, -0.05) is 129 Å². The number of amidine groups is 1. The maximum Gasteiger partial charge on any atom is 0.167 e. The van der Waals surface area contributed by atoms with Crippen LogP contribution in [-0.2, 0) is 5.41 Å². The molecule has 222 valence electrons. The molecule has 0 aliphatic heterocycles. The minimum atomic E-state index is -0.523. The van der Waals surface area contributed by atoms with Crippen molar-refractivity contribution in [2.45, 2.75) is 25.4 Å². The number of nitrogens with zero attached hydrogens (tertiary/aromatic N) is 3. The fraction of sp³-hybridized carbons (Fsp3) is 0.0952. The molecular formula is C42H34N4. The van der Waals surface area contributed by atoms with E-state index in [4.69, 9.17) is 15.7 Å². The number of rotatable bonds is 6. The zero-order valence-electron chi connectivity index (χ0n) is 25.9. The van der Waals surface area contributed by atoms with Gasteiger partial charge in [0.2, 0.25) is 0 Å². The minimum Gasteiger partial charge on any atom is -0.383 e. The molecule has 1 aliphatic carbocycles. The van der Waals surface area contributed by atoms with Gasteiger partial charge >= 0.3 is 0 Å². The highest BCUT2D eigenvalue weighted by molar-refractivity contribution is 6.11. The molecule has 0 radical (unpaired) electrons. The Morgan fingerprint density at radius 1 is 0.652 bits per heavy atom. The summed E-state index contributed by atoms with van der Waals surface area (Å²) in [7, 11) is 0. The quantitative estimate of drug-likeness (QED) is 0.151. The molecule has 0 fully saturated rings. The molecule has 7 aromatic rings. The lowest BCUT2D eigenvalue weighted by Gasteiger charge is -2.21. The summed E-state index contributed by atoms with van der Waals surface area (Å²) in [6.45, 7) is 4.67. The van der Waals surface area contributed by atoms with Crippen LogP contribution < -0.4 is 5.73 Å². The summed E-state index contributed by atoms with van der Waals surface area (Å²) in [6.07, 6.45) is 1.35. The first-order valence-corrected chi connectivity index (χ1v) is 15.7. The molecule has 0 spiro atoms. The Bertz CT molecular complexity index is 2290. The molecule has 0 saturated heterocycles. The van der Waals surface area contributed by atoms with E-state index >= 15 is 0 Å². The first-order chi connectivity index (χ1) is 22.5. The first kappa shape index (κ1) is 27.8. The Kier molecular flexibility index (Phi) is 6.65. The maximum atomic E-state index is 6.57. The zero-order valence-corrected chi connectivity index (χ0v) is 25.9. The third-order valence-corrected chi connectivity index (χ3v) is 9.30. The van der Waals surface area contributed by atoms with E-state index in [0.29, 0.717) is 5.84 Å². The minimum absolute atomic E-state index is 0.0656. The standard InChI is InChI=1S/C42H34N4/c1-42(2)36-22-11-9-20-32(36)34-26-39-35(25-37(34)42)33-21-10-12-23-38(33)46(39)31-19-13-18-30(24-31)41(44-27-28-14-5-3-6-15-28)45-40(43)29-16-7-4-8-17-29/h3-27,41H,1-2H3,(H2,43,45)/b44-27+. The topological polar surface area (TPSA) is 55.7 Å². The van der Waals surface area contributed by atoms with Gasteiger partial charge in [-0.05, 0) is 58.1 Å². The summed E-state index contributed by atoms with van der Waals surface area (Å²) < 4.78 is 2.38. The average molecular weight is 595 g/mol. The van der Waals surface area contributed by atoms with Crippen molar-refractivity contribution >= 4 is 33.9 Å². The largest absolute Gasteiger partial charge is 0.383 e. The van der Waals surface area contributed by atoms with Gasteiger partial charge in [0.05, 0.1) is 11.0 Å². The SMILES string of the molecule is CC1(C)c2ccccc2-c2cc3c(cc21)c1ccccc1n3-c1cccc(C(/N=C(\N)c2ccccc2)/N=C/c2ccccc2)c1. The molecule has 0 amide bonds. The van der Waals surface area contributed by atoms with Crippen LogP contribution in [-0.4, -0.2) is 16.6 Å². The third kappa shape index (κ3) is 4.62. The Labute approximate surface area is 269 Å². The maximum absolute atomic E-state index is 6.57. The van der Waals surface area contributed by atoms with E-state index in [-0.39, 0.29) is 5.41 Å². The number of benzene rings is 6. The van der Waals surface area contributed by atoms with Gasteiger partial charge in [-0.2, -0.15) is 0 Å². The highest BCUT2D eigenvalue weighted by Crippen LogP contribution is 2.50. The van der Waals surface area contributed by atoms with Crippen molar-refractivity contribution in [2.75, 3.05) is 0 Å². The normalized spacial score (nSPS) is 14.5. The van der Waals surface area contributed by atoms with Crippen LogP contribution in [0, 0.1) is 0 Å². The monoisotopic (exact) mass is 594 g/mol. The Hall–Kier alpha value is -5.74. The van der Waals surface area contributed by atoms with Crippen molar-refractivity contribution in [3.05, 3.63) is 173 Å². The van der Waals surface area contributed by atoms with Gasteiger partial charge in [0, 0.05) is 39.2 Å². The predicted molar refractivity (Wildman–Crippen MR) is 192 cm³/mol. The highest BCUT2D eigenvalue weighted by Gasteiger charge is 2.36. The van der Waals surface area contributed by atoms with Gasteiger partial charge in [0.15, 0.2) is 6.17 Å². The van der Waals surface area contributed by atoms with Crippen molar-refractivity contribution in [3.63, 3.8) is 0 Å². The lowest BCUT2D eigenvalue weighted by molar-refractivity contribution is 0.661. The second-order valence-corrected chi connectivity index (χ2v) is 12.5. The summed E-state index contributed by atoms with van der Waals surface area (Å²) in [4.78, 5) is 9.92. The predicted octanol–water partition coefficient (Wildman–Crippen LogP) is 9.61. The van der Waals surface area contributed by atoms with Gasteiger partial charge in [-0.15, -0.1) is 0 Å². The molecule has 1 heterocycles. The molecule has 1 atom stereocenters. The van der Waals surface area contributed by atoms with E-state index < -0.39 is 6.17 Å². The molecule has 1 unspecified atom stereocenters. The van der Waals surface area contributed by atoms with E-state index in [1.165, 1.54) is 44.1 Å².